The van der Waals surface area contributed by atoms with Gasteiger partial charge in [-0.15, -0.1) is 0 Å². The van der Waals surface area contributed by atoms with Crippen LogP contribution in [-0.2, 0) is 11.0 Å². The van der Waals surface area contributed by atoms with Gasteiger partial charge in [0.2, 0.25) is 5.91 Å². The van der Waals surface area contributed by atoms with Gasteiger partial charge in [0.05, 0.1) is 5.56 Å². The van der Waals surface area contributed by atoms with E-state index in [-0.39, 0.29) is 18.9 Å². The summed E-state index contributed by atoms with van der Waals surface area (Å²) in [6.45, 7) is 0.269. The summed E-state index contributed by atoms with van der Waals surface area (Å²) in [6.07, 6.45) is -4.23. The van der Waals surface area contributed by atoms with Crippen LogP contribution in [0, 0.1) is 0 Å². The van der Waals surface area contributed by atoms with Gasteiger partial charge in [0.15, 0.2) is 0 Å². The number of anilines is 2. The van der Waals surface area contributed by atoms with Gasteiger partial charge in [-0.3, -0.25) is 4.79 Å². The Morgan fingerprint density at radius 1 is 0.958 bits per heavy atom. The zero-order valence-corrected chi connectivity index (χ0v) is 13.8. The van der Waals surface area contributed by atoms with E-state index in [2.05, 4.69) is 10.6 Å². The van der Waals surface area contributed by atoms with Gasteiger partial charge in [0.25, 0.3) is 0 Å². The van der Waals surface area contributed by atoms with Crippen LogP contribution in [0.25, 0.3) is 0 Å². The Bertz CT molecular complexity index is 698. The van der Waals surface area contributed by atoms with Crippen LogP contribution in [0.5, 0.6) is 0 Å². The van der Waals surface area contributed by atoms with E-state index in [9.17, 15) is 18.0 Å². The minimum absolute atomic E-state index is 0.130. The SMILES string of the molecule is O=C(CCNc1ccc(C(F)(F)F)cc1)Nc1cc(Cl)cc(Cl)c1. The molecule has 0 radical (unpaired) electrons. The van der Waals surface area contributed by atoms with Crippen molar-refractivity contribution in [1.82, 2.24) is 0 Å². The molecule has 0 saturated carbocycles. The van der Waals surface area contributed by atoms with Crippen LogP contribution in [0.2, 0.25) is 10.0 Å². The highest BCUT2D eigenvalue weighted by Crippen LogP contribution is 2.29. The van der Waals surface area contributed by atoms with Crippen molar-refractivity contribution in [3.63, 3.8) is 0 Å². The Hall–Kier alpha value is -1.92. The summed E-state index contributed by atoms with van der Waals surface area (Å²) >= 11 is 11.7. The van der Waals surface area contributed by atoms with Crippen LogP contribution in [0.15, 0.2) is 42.5 Å². The summed E-state index contributed by atoms with van der Waals surface area (Å²) in [5, 5.41) is 6.33. The molecular weight excluding hydrogens is 364 g/mol. The highest BCUT2D eigenvalue weighted by molar-refractivity contribution is 6.35. The smallest absolute Gasteiger partial charge is 0.385 e. The lowest BCUT2D eigenvalue weighted by molar-refractivity contribution is -0.137. The molecular formula is C16H13Cl2F3N2O. The molecule has 8 heteroatoms. The Kier molecular flexibility index (Phi) is 5.96. The number of carbonyl (C=O) groups is 1. The first kappa shape index (κ1) is 18.4. The van der Waals surface area contributed by atoms with Crippen molar-refractivity contribution in [2.75, 3.05) is 17.2 Å². The van der Waals surface area contributed by atoms with Crippen LogP contribution in [-0.4, -0.2) is 12.5 Å². The minimum atomic E-state index is -4.36. The number of rotatable bonds is 5. The summed E-state index contributed by atoms with van der Waals surface area (Å²) in [6, 6.07) is 9.27. The number of halogens is 5. The van der Waals surface area contributed by atoms with Crippen molar-refractivity contribution in [2.45, 2.75) is 12.6 Å². The molecule has 2 N–H and O–H groups in total. The second-order valence-corrected chi connectivity index (χ2v) is 5.83. The summed E-state index contributed by atoms with van der Waals surface area (Å²) in [5.41, 5.74) is 0.261. The van der Waals surface area contributed by atoms with Gasteiger partial charge >= 0.3 is 6.18 Å². The number of alkyl halides is 3. The predicted molar refractivity (Wildman–Crippen MR) is 89.6 cm³/mol. The van der Waals surface area contributed by atoms with Crippen LogP contribution in [0.4, 0.5) is 24.5 Å². The van der Waals surface area contributed by atoms with Crippen LogP contribution < -0.4 is 10.6 Å². The monoisotopic (exact) mass is 376 g/mol. The average Bonchev–Trinajstić information content (AvgIpc) is 2.45. The molecule has 0 heterocycles. The Labute approximate surface area is 146 Å². The standard InChI is InChI=1S/C16H13Cl2F3N2O/c17-11-7-12(18)9-14(8-11)23-15(24)5-6-22-13-3-1-10(2-4-13)16(19,20)21/h1-4,7-9,22H,5-6H2,(H,23,24). The van der Waals surface area contributed by atoms with E-state index in [1.165, 1.54) is 12.1 Å². The van der Waals surface area contributed by atoms with E-state index in [0.717, 1.165) is 12.1 Å². The highest BCUT2D eigenvalue weighted by atomic mass is 35.5. The van der Waals surface area contributed by atoms with Crippen LogP contribution in [0.1, 0.15) is 12.0 Å². The Morgan fingerprint density at radius 2 is 1.54 bits per heavy atom. The Morgan fingerprint density at radius 3 is 2.08 bits per heavy atom. The fourth-order valence-electron chi connectivity index (χ4n) is 1.95. The van der Waals surface area contributed by atoms with Crippen molar-refractivity contribution in [2.24, 2.45) is 0 Å². The molecule has 3 nitrogen and oxygen atoms in total. The number of amides is 1. The first-order valence-corrected chi connectivity index (χ1v) is 7.67. The van der Waals surface area contributed by atoms with Gasteiger partial charge in [-0.25, -0.2) is 0 Å². The topological polar surface area (TPSA) is 41.1 Å². The Balaban J connectivity index is 1.82. The molecule has 2 rings (SSSR count). The second kappa shape index (κ2) is 7.77. The zero-order chi connectivity index (χ0) is 17.7. The first-order chi connectivity index (χ1) is 11.2. The molecule has 0 spiro atoms. The third kappa shape index (κ3) is 5.62. The number of hydrogen-bond acceptors (Lipinski definition) is 2. The lowest BCUT2D eigenvalue weighted by atomic mass is 10.2. The van der Waals surface area contributed by atoms with Gasteiger partial charge in [-0.1, -0.05) is 23.2 Å². The minimum Gasteiger partial charge on any atom is -0.385 e. The fraction of sp³-hybridized carbons (Fsp3) is 0.188. The van der Waals surface area contributed by atoms with Crippen molar-refractivity contribution in [3.8, 4) is 0 Å². The predicted octanol–water partition coefficient (Wildman–Crippen LogP) is 5.45. The number of nitrogens with one attached hydrogen (secondary N) is 2. The quantitative estimate of drug-likeness (QED) is 0.727. The zero-order valence-electron chi connectivity index (χ0n) is 12.3. The van der Waals surface area contributed by atoms with Crippen molar-refractivity contribution in [3.05, 3.63) is 58.1 Å². The molecule has 2 aromatic carbocycles. The van der Waals surface area contributed by atoms with E-state index in [4.69, 9.17) is 23.2 Å². The van der Waals surface area contributed by atoms with E-state index in [0.29, 0.717) is 21.4 Å². The van der Waals surface area contributed by atoms with Gasteiger partial charge in [0, 0.05) is 34.4 Å². The average molecular weight is 377 g/mol. The molecule has 0 unspecified atom stereocenters. The summed E-state index contributed by atoms with van der Waals surface area (Å²) in [4.78, 5) is 11.8. The molecule has 0 aromatic heterocycles. The molecule has 128 valence electrons. The molecule has 0 aliphatic rings. The maximum absolute atomic E-state index is 12.4. The molecule has 0 fully saturated rings. The van der Waals surface area contributed by atoms with Crippen molar-refractivity contribution >= 4 is 40.5 Å². The molecule has 1 amide bonds. The summed E-state index contributed by atoms with van der Waals surface area (Å²) in [7, 11) is 0. The van der Waals surface area contributed by atoms with E-state index in [1.54, 1.807) is 18.2 Å². The summed E-state index contributed by atoms with van der Waals surface area (Å²) < 4.78 is 37.3. The second-order valence-electron chi connectivity index (χ2n) is 4.96. The van der Waals surface area contributed by atoms with Crippen LogP contribution >= 0.6 is 23.2 Å². The molecule has 24 heavy (non-hydrogen) atoms. The molecule has 0 saturated heterocycles. The van der Waals surface area contributed by atoms with Gasteiger partial charge in [-0.05, 0) is 42.5 Å². The van der Waals surface area contributed by atoms with Crippen molar-refractivity contribution < 1.29 is 18.0 Å². The van der Waals surface area contributed by atoms with Gasteiger partial charge < -0.3 is 10.6 Å². The molecule has 0 bridgehead atoms. The summed E-state index contributed by atoms with van der Waals surface area (Å²) in [5.74, 6) is -0.271. The maximum Gasteiger partial charge on any atom is 0.416 e. The highest BCUT2D eigenvalue weighted by Gasteiger charge is 2.29. The van der Waals surface area contributed by atoms with Gasteiger partial charge in [0.1, 0.15) is 0 Å². The molecule has 0 aliphatic carbocycles. The molecule has 0 atom stereocenters. The van der Waals surface area contributed by atoms with Crippen molar-refractivity contribution in [1.29, 1.82) is 0 Å². The van der Waals surface area contributed by atoms with E-state index < -0.39 is 11.7 Å². The lowest BCUT2D eigenvalue weighted by Crippen LogP contribution is -2.16. The number of benzene rings is 2. The van der Waals surface area contributed by atoms with Gasteiger partial charge in [-0.2, -0.15) is 13.2 Å². The largest absolute Gasteiger partial charge is 0.416 e. The number of hydrogen-bond donors (Lipinski definition) is 2. The lowest BCUT2D eigenvalue weighted by Gasteiger charge is -2.10. The normalized spacial score (nSPS) is 11.2. The van der Waals surface area contributed by atoms with E-state index in [1.807, 2.05) is 0 Å². The third-order valence-electron chi connectivity index (χ3n) is 3.04. The fourth-order valence-corrected chi connectivity index (χ4v) is 2.47. The number of carbonyl (C=O) groups excluding carboxylic acids is 1. The third-order valence-corrected chi connectivity index (χ3v) is 3.48. The maximum atomic E-state index is 12.4. The molecule has 0 aliphatic heterocycles. The van der Waals surface area contributed by atoms with E-state index >= 15 is 0 Å². The molecule has 2 aromatic rings. The van der Waals surface area contributed by atoms with Crippen LogP contribution in [0.3, 0.4) is 0 Å². The first-order valence-electron chi connectivity index (χ1n) is 6.91.